The number of fused-ring (bicyclic) bond motifs is 3. The zero-order chi connectivity index (χ0) is 25.6. The summed E-state index contributed by atoms with van der Waals surface area (Å²) >= 11 is 0. The number of rotatable bonds is 3. The van der Waals surface area contributed by atoms with Crippen LogP contribution < -0.4 is 16.1 Å². The number of allylic oxidation sites excluding steroid dienone is 1. The summed E-state index contributed by atoms with van der Waals surface area (Å²) in [5.74, 6) is -0.523. The second kappa shape index (κ2) is 7.65. The van der Waals surface area contributed by atoms with Crippen LogP contribution in [0.3, 0.4) is 0 Å². The van der Waals surface area contributed by atoms with Crippen molar-refractivity contribution in [2.24, 2.45) is 0 Å². The molecule has 1 heterocycles. The molecule has 0 atom stereocenters. The van der Waals surface area contributed by atoms with Gasteiger partial charge in [-0.1, -0.05) is 107 Å². The molecule has 0 aromatic heterocycles. The van der Waals surface area contributed by atoms with E-state index in [0.717, 1.165) is 18.4 Å². The van der Waals surface area contributed by atoms with E-state index < -0.39 is 28.2 Å². The number of carbonyl (C=O) groups is 1. The number of hydrogen-bond acceptors (Lipinski definition) is 1. The van der Waals surface area contributed by atoms with Crippen LogP contribution in [0.25, 0.3) is 17.2 Å². The summed E-state index contributed by atoms with van der Waals surface area (Å²) in [4.78, 5) is 13.0. The Morgan fingerprint density at radius 1 is 1.00 bits per heavy atom. The Hall–Kier alpha value is -1.70. The fraction of sp³-hybridized carbons (Fsp3) is 0.483. The van der Waals surface area contributed by atoms with Crippen molar-refractivity contribution in [2.45, 2.75) is 92.2 Å². The normalized spacial score (nSPS) is 19.6. The maximum atomic E-state index is 13.0. The van der Waals surface area contributed by atoms with Gasteiger partial charge in [0, 0.05) is 12.7 Å². The van der Waals surface area contributed by atoms with Crippen LogP contribution in [0.1, 0.15) is 66.7 Å². The molecule has 0 saturated carbocycles. The zero-order valence-electron chi connectivity index (χ0n) is 23.1. The average Bonchev–Trinajstić information content (AvgIpc) is 3.13. The molecular formula is C29H42NOSi3. The van der Waals surface area contributed by atoms with E-state index in [9.17, 15) is 4.79 Å². The second-order valence-electron chi connectivity index (χ2n) is 13.2. The maximum Gasteiger partial charge on any atom is 0.270 e. The Kier molecular flexibility index (Phi) is 5.71. The van der Waals surface area contributed by atoms with E-state index >= 15 is 0 Å². The van der Waals surface area contributed by atoms with Crippen LogP contribution >= 0.6 is 0 Å². The molecule has 0 saturated heterocycles. The predicted octanol–water partition coefficient (Wildman–Crippen LogP) is 6.44. The summed E-state index contributed by atoms with van der Waals surface area (Å²) in [5.41, 5.74) is 18.3. The van der Waals surface area contributed by atoms with Crippen molar-refractivity contribution in [1.82, 2.24) is 5.73 Å². The summed E-state index contributed by atoms with van der Waals surface area (Å²) in [5, 5.41) is 2.93. The quantitative estimate of drug-likeness (QED) is 0.443. The third kappa shape index (κ3) is 3.34. The lowest BCUT2D eigenvalue weighted by atomic mass is 9.81. The van der Waals surface area contributed by atoms with Crippen molar-refractivity contribution in [2.75, 3.05) is 0 Å². The van der Waals surface area contributed by atoms with E-state index in [1.807, 2.05) is 0 Å². The lowest BCUT2D eigenvalue weighted by Crippen LogP contribution is -2.83. The number of benzene rings is 2. The first-order valence-corrected chi connectivity index (χ1v) is 23.8. The standard InChI is InChI=1S/C29H42NOSi3/c1-12-19-13-20-15-21(29(3,4)5)16-23(22(20)14-19)26-24(28(30)31)17-25-18(2)27(26)33(8,9)34(10,11)32(25,6)7/h13,15-17,30H,12,14H2,1-11H3. The molecule has 1 radical (unpaired) electrons. The van der Waals surface area contributed by atoms with E-state index in [-0.39, 0.29) is 5.41 Å². The fourth-order valence-electron chi connectivity index (χ4n) is 6.50. The highest BCUT2D eigenvalue weighted by molar-refractivity contribution is 7.74. The van der Waals surface area contributed by atoms with Gasteiger partial charge in [-0.05, 0) is 59.1 Å². The minimum atomic E-state index is -1.86. The highest BCUT2D eigenvalue weighted by Gasteiger charge is 2.59. The topological polar surface area (TPSA) is 40.9 Å². The summed E-state index contributed by atoms with van der Waals surface area (Å²) < 4.78 is 0. The SMILES string of the molecule is CCC1=Cc2cc(C(C)(C)C)cc(-c3c(C([NH])=O)cc4c(C)c3[Si](C)(C)[Si](C)(C)[Si]4(C)C)c2C1. The highest BCUT2D eigenvalue weighted by atomic mass is 29.6. The Morgan fingerprint density at radius 3 is 2.15 bits per heavy atom. The molecule has 1 amide bonds. The van der Waals surface area contributed by atoms with Crippen molar-refractivity contribution in [3.63, 3.8) is 0 Å². The van der Waals surface area contributed by atoms with Gasteiger partial charge in [-0.25, -0.2) is 0 Å². The molecule has 0 unspecified atom stereocenters. The number of amides is 1. The molecule has 2 aliphatic rings. The van der Waals surface area contributed by atoms with Gasteiger partial charge in [0.2, 0.25) is 0 Å². The van der Waals surface area contributed by atoms with Gasteiger partial charge in [-0.2, -0.15) is 0 Å². The van der Waals surface area contributed by atoms with Crippen molar-refractivity contribution >= 4 is 44.6 Å². The zero-order valence-corrected chi connectivity index (χ0v) is 26.1. The first-order valence-electron chi connectivity index (χ1n) is 12.8. The smallest absolute Gasteiger partial charge is 0.267 e. The lowest BCUT2D eigenvalue weighted by Gasteiger charge is -2.55. The highest BCUT2D eigenvalue weighted by Crippen LogP contribution is 2.43. The molecule has 181 valence electrons. The van der Waals surface area contributed by atoms with Crippen molar-refractivity contribution in [3.8, 4) is 11.1 Å². The van der Waals surface area contributed by atoms with Crippen LogP contribution in [0.15, 0.2) is 23.8 Å². The minimum Gasteiger partial charge on any atom is -0.267 e. The molecule has 1 aliphatic carbocycles. The first-order chi connectivity index (χ1) is 15.5. The Bertz CT molecular complexity index is 1260. The molecular weight excluding hydrogens is 463 g/mol. The molecule has 5 heteroatoms. The van der Waals surface area contributed by atoms with E-state index in [1.165, 1.54) is 43.8 Å². The van der Waals surface area contributed by atoms with Crippen LogP contribution in [-0.2, 0) is 11.8 Å². The fourth-order valence-corrected chi connectivity index (χ4v) is 39.7. The van der Waals surface area contributed by atoms with Crippen LogP contribution in [0.2, 0.25) is 39.3 Å². The van der Waals surface area contributed by atoms with Gasteiger partial charge in [0.15, 0.2) is 0 Å². The van der Waals surface area contributed by atoms with E-state index in [0.29, 0.717) is 5.56 Å². The number of nitrogens with one attached hydrogen (secondary N) is 1. The molecule has 2 bridgehead atoms. The molecule has 0 spiro atoms. The average molecular weight is 505 g/mol. The third-order valence-electron chi connectivity index (χ3n) is 9.89. The van der Waals surface area contributed by atoms with Crippen LogP contribution in [0.5, 0.6) is 0 Å². The van der Waals surface area contributed by atoms with Crippen molar-refractivity contribution in [3.05, 3.63) is 51.6 Å². The number of carbonyl (C=O) groups excluding carboxylic acids is 1. The van der Waals surface area contributed by atoms with Gasteiger partial charge in [0.25, 0.3) is 5.91 Å². The Morgan fingerprint density at radius 2 is 1.62 bits per heavy atom. The molecule has 0 fully saturated rings. The predicted molar refractivity (Wildman–Crippen MR) is 156 cm³/mol. The van der Waals surface area contributed by atoms with Gasteiger partial charge in [0.05, 0.1) is 15.2 Å². The van der Waals surface area contributed by atoms with Crippen molar-refractivity contribution in [1.29, 1.82) is 0 Å². The maximum absolute atomic E-state index is 13.0. The van der Waals surface area contributed by atoms with Gasteiger partial charge < -0.3 is 0 Å². The second-order valence-corrected chi connectivity index (χ2v) is 40.5. The van der Waals surface area contributed by atoms with E-state index in [2.05, 4.69) is 98.2 Å². The minimum absolute atomic E-state index is 0.0137. The van der Waals surface area contributed by atoms with E-state index in [1.54, 1.807) is 0 Å². The number of hydrogen-bond donors (Lipinski definition) is 0. The monoisotopic (exact) mass is 504 g/mol. The first kappa shape index (κ1) is 25.4. The molecule has 34 heavy (non-hydrogen) atoms. The van der Waals surface area contributed by atoms with Gasteiger partial charge in [-0.15, -0.1) is 0 Å². The van der Waals surface area contributed by atoms with Gasteiger partial charge in [-0.3, -0.25) is 10.5 Å². The van der Waals surface area contributed by atoms with E-state index in [4.69, 9.17) is 5.73 Å². The van der Waals surface area contributed by atoms with Gasteiger partial charge >= 0.3 is 0 Å². The largest absolute Gasteiger partial charge is 0.270 e. The van der Waals surface area contributed by atoms with Crippen molar-refractivity contribution < 1.29 is 4.79 Å². The third-order valence-corrected chi connectivity index (χ3v) is 51.4. The Labute approximate surface area is 209 Å². The molecule has 2 nitrogen and oxygen atoms in total. The molecule has 4 rings (SSSR count). The molecule has 2 aromatic carbocycles. The summed E-state index contributed by atoms with van der Waals surface area (Å²) in [6, 6.07) is 6.92. The summed E-state index contributed by atoms with van der Waals surface area (Å²) in [6.07, 6.45) is 4.38. The van der Waals surface area contributed by atoms with Crippen LogP contribution in [0.4, 0.5) is 0 Å². The van der Waals surface area contributed by atoms with Crippen LogP contribution in [0, 0.1) is 6.92 Å². The Balaban J connectivity index is 2.20. The summed E-state index contributed by atoms with van der Waals surface area (Å²) in [6.45, 7) is 26.9. The molecule has 1 N–H and O–H groups in total. The van der Waals surface area contributed by atoms with Gasteiger partial charge in [0.1, 0.15) is 0 Å². The molecule has 2 aromatic rings. The lowest BCUT2D eigenvalue weighted by molar-refractivity contribution is 0.0993. The molecule has 1 aliphatic heterocycles. The summed E-state index contributed by atoms with van der Waals surface area (Å²) in [7, 11) is -5.16. The van der Waals surface area contributed by atoms with Crippen LogP contribution in [-0.4, -0.2) is 28.2 Å².